The molecule has 88 valence electrons. The number of nitrogens with zero attached hydrogens (tertiary/aromatic N) is 1. The maximum atomic E-state index is 10.5. The van der Waals surface area contributed by atoms with Crippen molar-refractivity contribution < 1.29 is 4.92 Å². The normalized spacial score (nSPS) is 13.8. The molecule has 1 unspecified atom stereocenters. The molecule has 1 heterocycles. The first kappa shape index (κ1) is 12.9. The maximum Gasteiger partial charge on any atom is 0.324 e. The number of hydrogen-bond acceptors (Lipinski definition) is 4. The fourth-order valence-corrected chi connectivity index (χ4v) is 2.05. The van der Waals surface area contributed by atoms with Gasteiger partial charge in [0.2, 0.25) is 0 Å². The third-order valence-electron chi connectivity index (χ3n) is 2.37. The molecule has 0 aromatic carbocycles. The summed E-state index contributed by atoms with van der Waals surface area (Å²) in [6.45, 7) is 7.07. The third kappa shape index (κ3) is 3.43. The maximum absolute atomic E-state index is 10.5. The number of nitrogens with one attached hydrogen (secondary N) is 1. The lowest BCUT2D eigenvalue weighted by atomic mass is 10.1. The number of likely N-dealkylation sites (N-methyl/N-ethyl adjacent to an activating group) is 1. The Bertz CT molecular complexity index is 398. The van der Waals surface area contributed by atoms with E-state index in [1.807, 2.05) is 13.0 Å². The fourth-order valence-electron chi connectivity index (χ4n) is 1.37. The minimum atomic E-state index is -0.356. The molecule has 4 nitrogen and oxygen atoms in total. The van der Waals surface area contributed by atoms with Crippen molar-refractivity contribution in [2.24, 2.45) is 0 Å². The summed E-state index contributed by atoms with van der Waals surface area (Å²) < 4.78 is 0. The van der Waals surface area contributed by atoms with Crippen LogP contribution < -0.4 is 5.32 Å². The topological polar surface area (TPSA) is 55.2 Å². The molecule has 1 atom stereocenters. The van der Waals surface area contributed by atoms with Gasteiger partial charge in [0.05, 0.1) is 4.92 Å². The summed E-state index contributed by atoms with van der Waals surface area (Å²) >= 11 is 1.16. The van der Waals surface area contributed by atoms with Gasteiger partial charge in [0.15, 0.2) is 0 Å². The lowest BCUT2D eigenvalue weighted by Gasteiger charge is -2.12. The van der Waals surface area contributed by atoms with Crippen molar-refractivity contribution in [2.75, 3.05) is 6.54 Å². The smallest absolute Gasteiger partial charge is 0.311 e. The Morgan fingerprint density at radius 3 is 2.94 bits per heavy atom. The van der Waals surface area contributed by atoms with E-state index in [0.717, 1.165) is 23.4 Å². The van der Waals surface area contributed by atoms with Crippen LogP contribution in [-0.2, 0) is 0 Å². The molecule has 0 radical (unpaired) electrons. The van der Waals surface area contributed by atoms with Crippen molar-refractivity contribution in [1.29, 1.82) is 0 Å². The van der Waals surface area contributed by atoms with Crippen LogP contribution in [-0.4, -0.2) is 17.5 Å². The van der Waals surface area contributed by atoms with E-state index < -0.39 is 0 Å². The molecular weight excluding hydrogens is 224 g/mol. The van der Waals surface area contributed by atoms with Gasteiger partial charge in [-0.15, -0.1) is 0 Å². The average molecular weight is 240 g/mol. The molecule has 1 rings (SSSR count). The van der Waals surface area contributed by atoms with Gasteiger partial charge in [0.1, 0.15) is 0 Å². The summed E-state index contributed by atoms with van der Waals surface area (Å²) in [5.41, 5.74) is 2.08. The largest absolute Gasteiger partial charge is 0.324 e. The summed E-state index contributed by atoms with van der Waals surface area (Å²) in [4.78, 5) is 10.2. The molecule has 16 heavy (non-hydrogen) atoms. The highest BCUT2D eigenvalue weighted by Crippen LogP contribution is 2.24. The first-order chi connectivity index (χ1) is 7.54. The van der Waals surface area contributed by atoms with Crippen molar-refractivity contribution in [2.45, 2.75) is 26.8 Å². The van der Waals surface area contributed by atoms with Gasteiger partial charge >= 0.3 is 5.00 Å². The highest BCUT2D eigenvalue weighted by molar-refractivity contribution is 7.13. The molecular formula is C11H16N2O2S. The van der Waals surface area contributed by atoms with Gasteiger partial charge in [0, 0.05) is 17.5 Å². The first-order valence-electron chi connectivity index (χ1n) is 5.19. The lowest BCUT2D eigenvalue weighted by Crippen LogP contribution is -2.26. The quantitative estimate of drug-likeness (QED) is 0.635. The lowest BCUT2D eigenvalue weighted by molar-refractivity contribution is -0.380. The van der Waals surface area contributed by atoms with E-state index in [1.54, 1.807) is 11.4 Å². The van der Waals surface area contributed by atoms with Crippen molar-refractivity contribution >= 4 is 22.4 Å². The molecule has 0 aliphatic heterocycles. The second-order valence-electron chi connectivity index (χ2n) is 3.64. The average Bonchev–Trinajstić information content (AvgIpc) is 2.66. The van der Waals surface area contributed by atoms with Crippen LogP contribution in [0.25, 0.3) is 6.08 Å². The summed E-state index contributed by atoms with van der Waals surface area (Å²) in [6.07, 6.45) is 1.98. The molecule has 5 heteroatoms. The highest BCUT2D eigenvalue weighted by atomic mass is 32.1. The number of rotatable bonds is 5. The summed E-state index contributed by atoms with van der Waals surface area (Å²) in [6, 6.07) is 1.90. The SMILES string of the molecule is CCNC(C)C(C)=Cc1csc([N+](=O)[O-])c1. The van der Waals surface area contributed by atoms with Gasteiger partial charge in [-0.2, -0.15) is 0 Å². The van der Waals surface area contributed by atoms with E-state index in [0.29, 0.717) is 6.04 Å². The van der Waals surface area contributed by atoms with Gasteiger partial charge in [-0.3, -0.25) is 10.1 Å². The van der Waals surface area contributed by atoms with E-state index in [4.69, 9.17) is 0 Å². The van der Waals surface area contributed by atoms with Crippen LogP contribution >= 0.6 is 11.3 Å². The molecule has 0 spiro atoms. The van der Waals surface area contributed by atoms with Gasteiger partial charge in [0.25, 0.3) is 0 Å². The van der Waals surface area contributed by atoms with Gasteiger partial charge in [-0.25, -0.2) is 0 Å². The van der Waals surface area contributed by atoms with E-state index >= 15 is 0 Å². The summed E-state index contributed by atoms with van der Waals surface area (Å²) in [7, 11) is 0. The van der Waals surface area contributed by atoms with Crippen molar-refractivity contribution in [3.8, 4) is 0 Å². The van der Waals surface area contributed by atoms with Crippen LogP contribution in [0, 0.1) is 10.1 Å². The molecule has 0 fully saturated rings. The molecule has 0 aliphatic rings. The molecule has 0 amide bonds. The van der Waals surface area contributed by atoms with Crippen molar-refractivity contribution in [1.82, 2.24) is 5.32 Å². The van der Waals surface area contributed by atoms with Crippen LogP contribution in [0.4, 0.5) is 5.00 Å². The standard InChI is InChI=1S/C11H16N2O2S/c1-4-12-9(3)8(2)5-10-6-11(13(14)15)16-7-10/h5-7,9,12H,4H2,1-3H3. The molecule has 1 aromatic rings. The minimum Gasteiger partial charge on any atom is -0.311 e. The van der Waals surface area contributed by atoms with Gasteiger partial charge in [-0.1, -0.05) is 29.9 Å². The van der Waals surface area contributed by atoms with Crippen LogP contribution in [0.2, 0.25) is 0 Å². The molecule has 0 saturated carbocycles. The van der Waals surface area contributed by atoms with E-state index in [1.165, 1.54) is 5.57 Å². The highest BCUT2D eigenvalue weighted by Gasteiger charge is 2.09. The Labute approximate surface area is 99.1 Å². The zero-order chi connectivity index (χ0) is 12.1. The summed E-state index contributed by atoms with van der Waals surface area (Å²) in [5.74, 6) is 0. The summed E-state index contributed by atoms with van der Waals surface area (Å²) in [5, 5.41) is 15.8. The van der Waals surface area contributed by atoms with Crippen LogP contribution in [0.1, 0.15) is 26.3 Å². The molecule has 1 aromatic heterocycles. The predicted molar refractivity (Wildman–Crippen MR) is 67.8 cm³/mol. The van der Waals surface area contributed by atoms with Crippen LogP contribution in [0.15, 0.2) is 17.0 Å². The van der Waals surface area contributed by atoms with Crippen molar-refractivity contribution in [3.63, 3.8) is 0 Å². The molecule has 0 bridgehead atoms. The van der Waals surface area contributed by atoms with E-state index in [2.05, 4.69) is 19.2 Å². The fraction of sp³-hybridized carbons (Fsp3) is 0.455. The molecule has 1 N–H and O–H groups in total. The zero-order valence-corrected chi connectivity index (χ0v) is 10.5. The Balaban J connectivity index is 2.77. The van der Waals surface area contributed by atoms with E-state index in [-0.39, 0.29) is 9.92 Å². The Hall–Kier alpha value is -1.20. The second-order valence-corrected chi connectivity index (χ2v) is 4.53. The Kier molecular flexibility index (Phi) is 4.64. The Morgan fingerprint density at radius 2 is 2.44 bits per heavy atom. The number of thiophene rings is 1. The minimum absolute atomic E-state index is 0.190. The van der Waals surface area contributed by atoms with Gasteiger partial charge in [-0.05, 0) is 26.0 Å². The third-order valence-corrected chi connectivity index (χ3v) is 3.27. The van der Waals surface area contributed by atoms with Crippen LogP contribution in [0.5, 0.6) is 0 Å². The predicted octanol–water partition coefficient (Wildman–Crippen LogP) is 3.06. The Morgan fingerprint density at radius 1 is 1.75 bits per heavy atom. The van der Waals surface area contributed by atoms with Gasteiger partial charge < -0.3 is 5.32 Å². The van der Waals surface area contributed by atoms with Crippen LogP contribution in [0.3, 0.4) is 0 Å². The molecule has 0 saturated heterocycles. The molecule has 0 aliphatic carbocycles. The second kappa shape index (κ2) is 5.77. The van der Waals surface area contributed by atoms with E-state index in [9.17, 15) is 10.1 Å². The van der Waals surface area contributed by atoms with Crippen molar-refractivity contribution in [3.05, 3.63) is 32.7 Å². The first-order valence-corrected chi connectivity index (χ1v) is 6.07. The number of hydrogen-bond donors (Lipinski definition) is 1. The monoisotopic (exact) mass is 240 g/mol. The zero-order valence-electron chi connectivity index (χ0n) is 9.69. The number of nitro groups is 1.